The van der Waals surface area contributed by atoms with Crippen molar-refractivity contribution < 1.29 is 21.6 Å². The number of sulfonamides is 1. The summed E-state index contributed by atoms with van der Waals surface area (Å²) in [5, 5.41) is 2.11. The standard InChI is InChI=1S/C17H14ClF3N4O2S/c18-16-23-13-8-4-7-12(17(19,20)21)14(13)15(24-16)22-9-10-28(26,27)25-11-5-2-1-3-6-11/h1-8,25H,9-10H2,(H,22,23,24). The van der Waals surface area contributed by atoms with Crippen LogP contribution in [0.15, 0.2) is 48.5 Å². The van der Waals surface area contributed by atoms with Gasteiger partial charge in [0, 0.05) is 12.2 Å². The number of alkyl halides is 3. The number of benzene rings is 2. The van der Waals surface area contributed by atoms with Gasteiger partial charge in [0.05, 0.1) is 22.2 Å². The predicted molar refractivity (Wildman–Crippen MR) is 102 cm³/mol. The molecule has 0 unspecified atom stereocenters. The first-order valence-corrected chi connectivity index (χ1v) is 10.0. The van der Waals surface area contributed by atoms with E-state index in [4.69, 9.17) is 11.6 Å². The van der Waals surface area contributed by atoms with Crippen LogP contribution in [0.2, 0.25) is 5.28 Å². The first kappa shape index (κ1) is 20.2. The zero-order valence-corrected chi connectivity index (χ0v) is 15.7. The Morgan fingerprint density at radius 3 is 2.39 bits per heavy atom. The van der Waals surface area contributed by atoms with Gasteiger partial charge < -0.3 is 5.32 Å². The van der Waals surface area contributed by atoms with Crippen LogP contribution in [0.25, 0.3) is 10.9 Å². The normalized spacial score (nSPS) is 12.1. The van der Waals surface area contributed by atoms with Crippen LogP contribution in [0.1, 0.15) is 5.56 Å². The number of fused-ring (bicyclic) bond motifs is 1. The highest BCUT2D eigenvalue weighted by atomic mass is 35.5. The zero-order chi connectivity index (χ0) is 20.4. The number of nitrogens with one attached hydrogen (secondary N) is 2. The number of nitrogens with zero attached hydrogens (tertiary/aromatic N) is 2. The third-order valence-corrected chi connectivity index (χ3v) is 5.17. The third kappa shape index (κ3) is 4.82. The Hall–Kier alpha value is -2.59. The second-order valence-corrected chi connectivity index (χ2v) is 7.93. The van der Waals surface area contributed by atoms with E-state index in [-0.39, 0.29) is 34.3 Å². The van der Waals surface area contributed by atoms with Crippen LogP contribution in [0, 0.1) is 0 Å². The summed E-state index contributed by atoms with van der Waals surface area (Å²) in [6.45, 7) is -0.184. The summed E-state index contributed by atoms with van der Waals surface area (Å²) in [4.78, 5) is 7.61. The lowest BCUT2D eigenvalue weighted by Gasteiger charge is -2.14. The summed E-state index contributed by atoms with van der Waals surface area (Å²) >= 11 is 5.79. The number of hydrogen-bond acceptors (Lipinski definition) is 5. The Kier molecular flexibility index (Phi) is 5.61. The predicted octanol–water partition coefficient (Wildman–Crippen LogP) is 4.16. The van der Waals surface area contributed by atoms with Crippen molar-refractivity contribution in [3.8, 4) is 0 Å². The average molecular weight is 431 g/mol. The number of para-hydroxylation sites is 1. The number of anilines is 2. The van der Waals surface area contributed by atoms with E-state index in [1.54, 1.807) is 30.3 Å². The van der Waals surface area contributed by atoms with E-state index in [0.29, 0.717) is 5.69 Å². The highest BCUT2D eigenvalue weighted by molar-refractivity contribution is 7.92. The molecule has 0 atom stereocenters. The van der Waals surface area contributed by atoms with E-state index in [9.17, 15) is 21.6 Å². The Labute approximate surface area is 163 Å². The van der Waals surface area contributed by atoms with Gasteiger partial charge in [-0.25, -0.2) is 18.4 Å². The van der Waals surface area contributed by atoms with Crippen LogP contribution in [0.4, 0.5) is 24.7 Å². The van der Waals surface area contributed by atoms with Crippen LogP contribution >= 0.6 is 11.6 Å². The first-order valence-electron chi connectivity index (χ1n) is 7.98. The second kappa shape index (κ2) is 7.80. The molecular weight excluding hydrogens is 417 g/mol. The van der Waals surface area contributed by atoms with Gasteiger partial charge in [-0.15, -0.1) is 0 Å². The van der Waals surface area contributed by atoms with Gasteiger partial charge in [-0.1, -0.05) is 24.3 Å². The van der Waals surface area contributed by atoms with Gasteiger partial charge in [0.1, 0.15) is 5.82 Å². The van der Waals surface area contributed by atoms with Crippen LogP contribution in [0.3, 0.4) is 0 Å². The van der Waals surface area contributed by atoms with Crippen molar-refractivity contribution in [2.45, 2.75) is 6.18 Å². The molecule has 0 radical (unpaired) electrons. The molecule has 148 valence electrons. The number of halogens is 4. The first-order chi connectivity index (χ1) is 13.2. The Morgan fingerprint density at radius 1 is 1.00 bits per heavy atom. The molecule has 2 N–H and O–H groups in total. The van der Waals surface area contributed by atoms with Crippen LogP contribution in [-0.4, -0.2) is 30.7 Å². The molecule has 0 spiro atoms. The van der Waals surface area contributed by atoms with Crippen LogP contribution in [0.5, 0.6) is 0 Å². The molecule has 1 heterocycles. The molecule has 0 saturated carbocycles. The maximum Gasteiger partial charge on any atom is 0.417 e. The number of aromatic nitrogens is 2. The lowest BCUT2D eigenvalue weighted by molar-refractivity contribution is -0.136. The van der Waals surface area contributed by atoms with Crippen molar-refractivity contribution in [2.75, 3.05) is 22.3 Å². The molecule has 3 aromatic rings. The van der Waals surface area contributed by atoms with Crippen molar-refractivity contribution in [2.24, 2.45) is 0 Å². The largest absolute Gasteiger partial charge is 0.417 e. The van der Waals surface area contributed by atoms with Crippen molar-refractivity contribution in [1.29, 1.82) is 0 Å². The monoisotopic (exact) mass is 430 g/mol. The molecule has 0 amide bonds. The molecule has 3 rings (SSSR count). The number of rotatable bonds is 6. The Balaban J connectivity index is 1.82. The molecule has 0 bridgehead atoms. The molecule has 1 aromatic heterocycles. The van der Waals surface area contributed by atoms with Crippen LogP contribution < -0.4 is 10.0 Å². The van der Waals surface area contributed by atoms with Gasteiger partial charge in [0.15, 0.2) is 0 Å². The number of hydrogen-bond donors (Lipinski definition) is 2. The summed E-state index contributed by atoms with van der Waals surface area (Å²) in [5.41, 5.74) is -0.547. The topological polar surface area (TPSA) is 84.0 Å². The second-order valence-electron chi connectivity index (χ2n) is 5.75. The maximum absolute atomic E-state index is 13.3. The fourth-order valence-corrected chi connectivity index (χ4v) is 3.70. The van der Waals surface area contributed by atoms with E-state index in [1.165, 1.54) is 12.1 Å². The summed E-state index contributed by atoms with van der Waals surface area (Å²) in [6, 6.07) is 11.7. The molecule has 0 fully saturated rings. The highest BCUT2D eigenvalue weighted by Crippen LogP contribution is 2.37. The van der Waals surface area contributed by atoms with E-state index in [1.807, 2.05) is 0 Å². The van der Waals surface area contributed by atoms with Crippen molar-refractivity contribution in [3.05, 3.63) is 59.4 Å². The van der Waals surface area contributed by atoms with Gasteiger partial charge in [0.2, 0.25) is 15.3 Å². The molecule has 28 heavy (non-hydrogen) atoms. The molecule has 2 aromatic carbocycles. The summed E-state index contributed by atoms with van der Waals surface area (Å²) < 4.78 is 66.7. The van der Waals surface area contributed by atoms with E-state index in [2.05, 4.69) is 20.0 Å². The highest BCUT2D eigenvalue weighted by Gasteiger charge is 2.34. The SMILES string of the molecule is O=S(=O)(CCNc1nc(Cl)nc2cccc(C(F)(F)F)c12)Nc1ccccc1. The molecule has 0 aliphatic heterocycles. The zero-order valence-electron chi connectivity index (χ0n) is 14.2. The summed E-state index contributed by atoms with van der Waals surface area (Å²) in [7, 11) is -3.72. The maximum atomic E-state index is 13.3. The van der Waals surface area contributed by atoms with Gasteiger partial charge >= 0.3 is 6.18 Å². The van der Waals surface area contributed by atoms with Crippen molar-refractivity contribution in [3.63, 3.8) is 0 Å². The molecule has 0 aliphatic carbocycles. The molecular formula is C17H14ClF3N4O2S. The Morgan fingerprint density at radius 2 is 1.71 bits per heavy atom. The fourth-order valence-electron chi connectivity index (χ4n) is 2.56. The van der Waals surface area contributed by atoms with E-state index >= 15 is 0 Å². The quantitative estimate of drug-likeness (QED) is 0.574. The molecule has 0 aliphatic rings. The third-order valence-electron chi connectivity index (χ3n) is 3.71. The minimum absolute atomic E-state index is 0.00240. The fraction of sp³-hybridized carbons (Fsp3) is 0.176. The van der Waals surface area contributed by atoms with Crippen LogP contribution in [-0.2, 0) is 16.2 Å². The van der Waals surface area contributed by atoms with Crippen molar-refractivity contribution >= 4 is 44.0 Å². The summed E-state index contributed by atoms with van der Waals surface area (Å²) in [6.07, 6.45) is -4.63. The van der Waals surface area contributed by atoms with E-state index < -0.39 is 21.8 Å². The van der Waals surface area contributed by atoms with Crippen molar-refractivity contribution in [1.82, 2.24) is 9.97 Å². The smallest absolute Gasteiger partial charge is 0.368 e. The lowest BCUT2D eigenvalue weighted by Crippen LogP contribution is -2.22. The average Bonchev–Trinajstić information content (AvgIpc) is 2.60. The minimum atomic E-state index is -4.63. The lowest BCUT2D eigenvalue weighted by atomic mass is 10.1. The molecule has 0 saturated heterocycles. The van der Waals surface area contributed by atoms with Gasteiger partial charge in [-0.05, 0) is 35.9 Å². The van der Waals surface area contributed by atoms with Gasteiger partial charge in [-0.3, -0.25) is 4.72 Å². The Bertz CT molecular complexity index is 1090. The molecule has 11 heteroatoms. The molecule has 6 nitrogen and oxygen atoms in total. The van der Waals surface area contributed by atoms with E-state index in [0.717, 1.165) is 6.07 Å². The summed E-state index contributed by atoms with van der Waals surface area (Å²) in [5.74, 6) is -0.572. The van der Waals surface area contributed by atoms with Gasteiger partial charge in [0.25, 0.3) is 0 Å². The van der Waals surface area contributed by atoms with Gasteiger partial charge in [-0.2, -0.15) is 13.2 Å². The minimum Gasteiger partial charge on any atom is -0.368 e.